The molecule has 0 saturated carbocycles. The van der Waals surface area contributed by atoms with Crippen LogP contribution in [0.25, 0.3) is 21.6 Å². The highest BCUT2D eigenvalue weighted by Gasteiger charge is 2.24. The first-order valence-electron chi connectivity index (χ1n) is 10.2. The third kappa shape index (κ3) is 3.17. The van der Waals surface area contributed by atoms with Crippen LogP contribution in [0.3, 0.4) is 0 Å². The van der Waals surface area contributed by atoms with Gasteiger partial charge in [0.15, 0.2) is 10.8 Å². The fourth-order valence-corrected chi connectivity index (χ4v) is 6.35. The quantitative estimate of drug-likeness (QED) is 0.414. The summed E-state index contributed by atoms with van der Waals surface area (Å²) in [5.74, 6) is 0.871. The normalized spacial score (nSPS) is 13.8. The predicted octanol–water partition coefficient (Wildman–Crippen LogP) is 3.27. The number of aryl methyl sites for hydroxylation is 2. The molecule has 10 heteroatoms. The van der Waals surface area contributed by atoms with Crippen LogP contribution in [0.2, 0.25) is 0 Å². The molecule has 6 rings (SSSR count). The molecular formula is C21H19N7OS2. The Bertz CT molecular complexity index is 1420. The monoisotopic (exact) mass is 449 g/mol. The highest BCUT2D eigenvalue weighted by atomic mass is 32.2. The molecule has 5 aromatic rings. The summed E-state index contributed by atoms with van der Waals surface area (Å²) in [5.41, 5.74) is 3.30. The number of carbonyl (C=O) groups excluding carboxylic acids is 1. The molecule has 31 heavy (non-hydrogen) atoms. The van der Waals surface area contributed by atoms with Crippen molar-refractivity contribution >= 4 is 50.6 Å². The van der Waals surface area contributed by atoms with E-state index in [2.05, 4.69) is 25.6 Å². The van der Waals surface area contributed by atoms with Crippen molar-refractivity contribution in [2.75, 3.05) is 5.75 Å². The Balaban J connectivity index is 1.34. The lowest BCUT2D eigenvalue weighted by Gasteiger charge is -2.10. The second-order valence-electron chi connectivity index (χ2n) is 7.56. The molecule has 0 radical (unpaired) electrons. The molecule has 1 aromatic carbocycles. The van der Waals surface area contributed by atoms with Gasteiger partial charge in [0.05, 0.1) is 11.1 Å². The largest absolute Gasteiger partial charge is 0.351 e. The SMILES string of the molecule is O=C(CSc1nnc2n3ncnc3c3c4c(sc3n12)CCCC4)NCc1ccccc1. The molecule has 8 nitrogen and oxygen atoms in total. The summed E-state index contributed by atoms with van der Waals surface area (Å²) in [6.45, 7) is 0.516. The number of rotatable bonds is 5. The third-order valence-corrected chi connectivity index (χ3v) is 7.80. The Morgan fingerprint density at radius 1 is 1.16 bits per heavy atom. The van der Waals surface area contributed by atoms with Crippen LogP contribution in [0.1, 0.15) is 28.8 Å². The Hall–Kier alpha value is -2.98. The standard InChI is InChI=1S/C21H19N7OS2/c29-16(22-10-13-6-2-1-3-7-13)11-30-21-26-25-20-27(21)19-17(18-23-12-24-28(18)20)14-8-4-5-9-15(14)31-19/h1-3,6-7,12H,4-5,8-11H2,(H,22,29). The molecule has 0 unspecified atom stereocenters. The van der Waals surface area contributed by atoms with Gasteiger partial charge in [-0.2, -0.15) is 9.61 Å². The van der Waals surface area contributed by atoms with Gasteiger partial charge in [0.25, 0.3) is 5.78 Å². The Morgan fingerprint density at radius 3 is 2.94 bits per heavy atom. The molecule has 156 valence electrons. The molecular weight excluding hydrogens is 430 g/mol. The van der Waals surface area contributed by atoms with Crippen molar-refractivity contribution in [1.82, 2.24) is 34.5 Å². The van der Waals surface area contributed by atoms with E-state index >= 15 is 0 Å². The molecule has 4 heterocycles. The van der Waals surface area contributed by atoms with Crippen LogP contribution in [0.15, 0.2) is 41.8 Å². The van der Waals surface area contributed by atoms with E-state index in [0.29, 0.717) is 17.5 Å². The van der Waals surface area contributed by atoms with Crippen LogP contribution >= 0.6 is 23.1 Å². The van der Waals surface area contributed by atoms with Gasteiger partial charge in [-0.25, -0.2) is 9.38 Å². The van der Waals surface area contributed by atoms with Crippen molar-refractivity contribution in [3.63, 3.8) is 0 Å². The zero-order chi connectivity index (χ0) is 20.8. The van der Waals surface area contributed by atoms with Gasteiger partial charge in [-0.1, -0.05) is 42.1 Å². The van der Waals surface area contributed by atoms with E-state index in [1.807, 2.05) is 34.7 Å². The Kier molecular flexibility index (Phi) is 4.61. The number of fused-ring (bicyclic) bond motifs is 8. The summed E-state index contributed by atoms with van der Waals surface area (Å²) < 4.78 is 3.80. The number of amides is 1. The van der Waals surface area contributed by atoms with E-state index in [4.69, 9.17) is 0 Å². The molecule has 0 aliphatic heterocycles. The van der Waals surface area contributed by atoms with E-state index in [1.165, 1.54) is 35.0 Å². The molecule has 0 atom stereocenters. The molecule has 0 fully saturated rings. The Morgan fingerprint density at radius 2 is 2.03 bits per heavy atom. The zero-order valence-electron chi connectivity index (χ0n) is 16.6. The second-order valence-corrected chi connectivity index (χ2v) is 9.58. The van der Waals surface area contributed by atoms with Crippen molar-refractivity contribution in [2.45, 2.75) is 37.4 Å². The highest BCUT2D eigenvalue weighted by Crippen LogP contribution is 2.39. The first-order valence-corrected chi connectivity index (χ1v) is 12.0. The maximum absolute atomic E-state index is 12.4. The van der Waals surface area contributed by atoms with Crippen LogP contribution in [0.5, 0.6) is 0 Å². The summed E-state index contributed by atoms with van der Waals surface area (Å²) in [6.07, 6.45) is 6.15. The number of carbonyl (C=O) groups is 1. The van der Waals surface area contributed by atoms with E-state index in [0.717, 1.165) is 34.3 Å². The minimum atomic E-state index is -0.0332. The van der Waals surface area contributed by atoms with Gasteiger partial charge in [0.1, 0.15) is 11.2 Å². The van der Waals surface area contributed by atoms with E-state index < -0.39 is 0 Å². The van der Waals surface area contributed by atoms with Gasteiger partial charge in [0, 0.05) is 11.4 Å². The van der Waals surface area contributed by atoms with E-state index in [-0.39, 0.29) is 11.7 Å². The summed E-state index contributed by atoms with van der Waals surface area (Å²) in [6, 6.07) is 9.90. The van der Waals surface area contributed by atoms with Gasteiger partial charge in [-0.15, -0.1) is 21.5 Å². The number of benzene rings is 1. The molecule has 1 aliphatic carbocycles. The van der Waals surface area contributed by atoms with Gasteiger partial charge in [0.2, 0.25) is 5.91 Å². The second kappa shape index (κ2) is 7.61. The van der Waals surface area contributed by atoms with Crippen LogP contribution in [0, 0.1) is 0 Å². The number of thiophene rings is 1. The van der Waals surface area contributed by atoms with Crippen molar-refractivity contribution < 1.29 is 4.79 Å². The minimum absolute atomic E-state index is 0.0332. The predicted molar refractivity (Wildman–Crippen MR) is 121 cm³/mol. The summed E-state index contributed by atoms with van der Waals surface area (Å²) in [4.78, 5) is 19.5. The first kappa shape index (κ1) is 18.8. The average Bonchev–Trinajstić information content (AvgIpc) is 3.52. The topological polar surface area (TPSA) is 89.5 Å². The first-order chi connectivity index (χ1) is 15.3. The number of nitrogens with zero attached hydrogens (tertiary/aromatic N) is 6. The molecule has 0 bridgehead atoms. The van der Waals surface area contributed by atoms with Crippen LogP contribution in [-0.4, -0.2) is 40.9 Å². The number of hydrogen-bond acceptors (Lipinski definition) is 7. The average molecular weight is 450 g/mol. The van der Waals surface area contributed by atoms with Crippen LogP contribution in [-0.2, 0) is 24.2 Å². The van der Waals surface area contributed by atoms with Gasteiger partial charge in [-0.05, 0) is 36.8 Å². The number of hydrogen-bond donors (Lipinski definition) is 1. The fraction of sp³-hybridized carbons (Fsp3) is 0.286. The summed E-state index contributed by atoms with van der Waals surface area (Å²) in [7, 11) is 0. The summed E-state index contributed by atoms with van der Waals surface area (Å²) >= 11 is 3.19. The molecule has 1 amide bonds. The van der Waals surface area contributed by atoms with Gasteiger partial charge >= 0.3 is 0 Å². The van der Waals surface area contributed by atoms with Gasteiger partial charge < -0.3 is 5.32 Å². The zero-order valence-corrected chi connectivity index (χ0v) is 18.2. The number of thioether (sulfide) groups is 1. The molecule has 1 N–H and O–H groups in total. The molecule has 1 aliphatic rings. The molecule has 0 saturated heterocycles. The minimum Gasteiger partial charge on any atom is -0.351 e. The lowest BCUT2D eigenvalue weighted by molar-refractivity contribution is -0.118. The van der Waals surface area contributed by atoms with Gasteiger partial charge in [-0.3, -0.25) is 4.79 Å². The van der Waals surface area contributed by atoms with Crippen LogP contribution < -0.4 is 5.32 Å². The maximum atomic E-state index is 12.4. The van der Waals surface area contributed by atoms with Crippen molar-refractivity contribution in [3.8, 4) is 0 Å². The molecule has 0 spiro atoms. The molecule has 4 aromatic heterocycles. The number of nitrogens with one attached hydrogen (secondary N) is 1. The van der Waals surface area contributed by atoms with E-state index in [1.54, 1.807) is 22.2 Å². The lowest BCUT2D eigenvalue weighted by atomic mass is 9.97. The van der Waals surface area contributed by atoms with Crippen molar-refractivity contribution in [2.24, 2.45) is 0 Å². The fourth-order valence-electron chi connectivity index (χ4n) is 4.15. The van der Waals surface area contributed by atoms with Crippen LogP contribution in [0.4, 0.5) is 0 Å². The van der Waals surface area contributed by atoms with Crippen molar-refractivity contribution in [3.05, 3.63) is 52.7 Å². The smallest absolute Gasteiger partial charge is 0.260 e. The summed E-state index contributed by atoms with van der Waals surface area (Å²) in [5, 5.41) is 18.0. The third-order valence-electron chi connectivity index (χ3n) is 5.60. The Labute approximate surface area is 185 Å². The highest BCUT2D eigenvalue weighted by molar-refractivity contribution is 7.99. The lowest BCUT2D eigenvalue weighted by Crippen LogP contribution is -2.24. The van der Waals surface area contributed by atoms with E-state index in [9.17, 15) is 4.79 Å². The maximum Gasteiger partial charge on any atom is 0.260 e. The number of aromatic nitrogens is 6. The van der Waals surface area contributed by atoms with Crippen molar-refractivity contribution in [1.29, 1.82) is 0 Å².